The third-order valence-corrected chi connectivity index (χ3v) is 7.03. The predicted octanol–water partition coefficient (Wildman–Crippen LogP) is 11.7. The molecule has 40 heavy (non-hydrogen) atoms. The fourth-order valence-corrected chi connectivity index (χ4v) is 4.21. The van der Waals surface area contributed by atoms with E-state index in [0.717, 1.165) is 67.2 Å². The van der Waals surface area contributed by atoms with Crippen molar-refractivity contribution in [3.63, 3.8) is 0 Å². The fraction of sp³-hybridized carbons (Fsp3) is 0.611. The van der Waals surface area contributed by atoms with Crippen LogP contribution in [0, 0.1) is 5.92 Å². The van der Waals surface area contributed by atoms with Crippen LogP contribution in [0.3, 0.4) is 0 Å². The molecule has 0 aromatic heterocycles. The number of rotatable bonds is 14. The van der Waals surface area contributed by atoms with Crippen LogP contribution in [0.15, 0.2) is 69.5 Å². The number of hydrogen-bond donors (Lipinski definition) is 0. The average Bonchev–Trinajstić information content (AvgIpc) is 2.92. The molecule has 1 unspecified atom stereocenters. The SMILES string of the molecule is CC1CCC1.CCC/C=C(C)/C(N=C(C)CCCC)=C(\C=C(/C)Cl)OC.CCCC(=O)CC(C)c1ccccc1. The molecule has 1 aliphatic carbocycles. The Balaban J connectivity index is 0.000000676. The topological polar surface area (TPSA) is 38.7 Å². The van der Waals surface area contributed by atoms with Crippen LogP contribution in [0.25, 0.3) is 0 Å². The van der Waals surface area contributed by atoms with E-state index in [0.29, 0.717) is 23.2 Å². The van der Waals surface area contributed by atoms with E-state index in [1.807, 2.05) is 38.1 Å². The molecule has 1 aromatic carbocycles. The maximum absolute atomic E-state index is 11.4. The van der Waals surface area contributed by atoms with Gasteiger partial charge in [0, 0.05) is 23.6 Å². The van der Waals surface area contributed by atoms with Crippen LogP contribution in [0.1, 0.15) is 138 Å². The van der Waals surface area contributed by atoms with Crippen LogP contribution in [-0.2, 0) is 9.53 Å². The second kappa shape index (κ2) is 23.6. The van der Waals surface area contributed by atoms with E-state index in [9.17, 15) is 4.79 Å². The first-order valence-corrected chi connectivity index (χ1v) is 15.9. The number of halogens is 1. The number of carbonyl (C=O) groups excluding carboxylic acids is 1. The maximum atomic E-state index is 11.4. The molecule has 4 heteroatoms. The largest absolute Gasteiger partial charge is 0.494 e. The van der Waals surface area contributed by atoms with Gasteiger partial charge in [0.2, 0.25) is 0 Å². The molecule has 0 heterocycles. The van der Waals surface area contributed by atoms with Crippen LogP contribution in [-0.4, -0.2) is 18.6 Å². The van der Waals surface area contributed by atoms with Gasteiger partial charge in [-0.2, -0.15) is 0 Å². The first kappa shape index (κ1) is 37.9. The highest BCUT2D eigenvalue weighted by molar-refractivity contribution is 6.29. The summed E-state index contributed by atoms with van der Waals surface area (Å²) in [7, 11) is 1.66. The number of methoxy groups -OCH3 is 1. The van der Waals surface area contributed by atoms with Gasteiger partial charge < -0.3 is 4.74 Å². The summed E-state index contributed by atoms with van der Waals surface area (Å²) in [5.41, 5.74) is 4.42. The van der Waals surface area contributed by atoms with Crippen molar-refractivity contribution in [2.24, 2.45) is 10.9 Å². The van der Waals surface area contributed by atoms with E-state index >= 15 is 0 Å². The number of allylic oxidation sites excluding steroid dienone is 4. The standard InChI is InChI=1S/C18H30ClNO.C13H18O.C5H10/c1-7-9-11-14(3)18(17(21-6)13-15(4)19)20-16(5)12-10-8-2;1-3-7-13(14)10-11(2)12-8-5-4-6-9-12;1-5-3-2-4-5/h11,13H,7-10,12H2,1-6H3;4-6,8-9,11H,3,7,10H2,1-2H3;5H,2-4H2,1H3/b14-11+,15-13+,18-17-,20-16?;;. The lowest BCUT2D eigenvalue weighted by Crippen LogP contribution is -2.04. The molecule has 0 saturated heterocycles. The van der Waals surface area contributed by atoms with Gasteiger partial charge in [0.25, 0.3) is 0 Å². The lowest BCUT2D eigenvalue weighted by atomic mass is 9.88. The summed E-state index contributed by atoms with van der Waals surface area (Å²) in [6.07, 6.45) is 16.4. The molecule has 226 valence electrons. The first-order valence-electron chi connectivity index (χ1n) is 15.5. The van der Waals surface area contributed by atoms with Crippen LogP contribution in [0.5, 0.6) is 0 Å². The second-order valence-corrected chi connectivity index (χ2v) is 11.7. The maximum Gasteiger partial charge on any atom is 0.145 e. The van der Waals surface area contributed by atoms with Crippen LogP contribution >= 0.6 is 11.6 Å². The van der Waals surface area contributed by atoms with Gasteiger partial charge in [0.1, 0.15) is 17.2 Å². The van der Waals surface area contributed by atoms with Crippen molar-refractivity contribution in [1.29, 1.82) is 0 Å². The Hall–Kier alpha value is -2.13. The van der Waals surface area contributed by atoms with Crippen molar-refractivity contribution < 1.29 is 9.53 Å². The molecule has 0 radical (unpaired) electrons. The molecule has 0 N–H and O–H groups in total. The van der Waals surface area contributed by atoms with Crippen molar-refractivity contribution >= 4 is 23.1 Å². The summed E-state index contributed by atoms with van der Waals surface area (Å²) in [5.74, 6) is 2.53. The molecular formula is C36H58ClNO2. The Bertz CT molecular complexity index is 935. The Kier molecular flexibility index (Phi) is 22.3. The van der Waals surface area contributed by atoms with Crippen molar-refractivity contribution in [3.05, 3.63) is 70.1 Å². The molecule has 0 spiro atoms. The van der Waals surface area contributed by atoms with Gasteiger partial charge in [0.15, 0.2) is 0 Å². The monoisotopic (exact) mass is 571 g/mol. The zero-order valence-corrected chi connectivity index (χ0v) is 27.9. The molecule has 2 rings (SSSR count). The highest BCUT2D eigenvalue weighted by atomic mass is 35.5. The fourth-order valence-electron chi connectivity index (χ4n) is 4.11. The van der Waals surface area contributed by atoms with E-state index in [1.54, 1.807) is 7.11 Å². The molecule has 0 aliphatic heterocycles. The summed E-state index contributed by atoms with van der Waals surface area (Å²) in [4.78, 5) is 16.2. The molecular weight excluding hydrogens is 514 g/mol. The van der Waals surface area contributed by atoms with Crippen molar-refractivity contribution in [2.75, 3.05) is 7.11 Å². The number of carbonyl (C=O) groups is 1. The first-order chi connectivity index (χ1) is 19.1. The number of benzene rings is 1. The zero-order valence-electron chi connectivity index (χ0n) is 27.1. The summed E-state index contributed by atoms with van der Waals surface area (Å²) in [6.45, 7) is 16.8. The van der Waals surface area contributed by atoms with Gasteiger partial charge in [-0.15, -0.1) is 0 Å². The lowest BCUT2D eigenvalue weighted by Gasteiger charge is -2.18. The molecule has 0 amide bonds. The molecule has 1 aliphatic rings. The Morgan fingerprint density at radius 1 is 1.05 bits per heavy atom. The number of ketones is 1. The highest BCUT2D eigenvalue weighted by Crippen LogP contribution is 2.24. The van der Waals surface area contributed by atoms with Crippen molar-refractivity contribution in [2.45, 2.75) is 132 Å². The number of ether oxygens (including phenoxy) is 1. The van der Waals surface area contributed by atoms with Crippen LogP contribution in [0.2, 0.25) is 0 Å². The van der Waals surface area contributed by atoms with Crippen molar-refractivity contribution in [1.82, 2.24) is 0 Å². The Morgan fingerprint density at radius 2 is 1.68 bits per heavy atom. The van der Waals surface area contributed by atoms with Gasteiger partial charge in [-0.05, 0) is 75.5 Å². The molecule has 0 bridgehead atoms. The van der Waals surface area contributed by atoms with E-state index in [-0.39, 0.29) is 0 Å². The summed E-state index contributed by atoms with van der Waals surface area (Å²) in [6, 6.07) is 10.2. The number of aliphatic imine (C=N–C) groups is 1. The molecule has 1 saturated carbocycles. The molecule has 1 fully saturated rings. The normalized spacial score (nSPS) is 15.5. The number of nitrogens with zero attached hydrogens (tertiary/aromatic N) is 1. The van der Waals surface area contributed by atoms with Crippen molar-refractivity contribution in [3.8, 4) is 0 Å². The zero-order chi connectivity index (χ0) is 30.3. The van der Waals surface area contributed by atoms with Gasteiger partial charge in [-0.3, -0.25) is 9.79 Å². The smallest absolute Gasteiger partial charge is 0.145 e. The molecule has 1 aromatic rings. The molecule has 1 atom stereocenters. The summed E-state index contributed by atoms with van der Waals surface area (Å²) in [5, 5.41) is 0.689. The second-order valence-electron chi connectivity index (χ2n) is 11.1. The Morgan fingerprint density at radius 3 is 2.12 bits per heavy atom. The number of hydrogen-bond acceptors (Lipinski definition) is 3. The average molecular weight is 572 g/mol. The van der Waals surface area contributed by atoms with Crippen LogP contribution < -0.4 is 0 Å². The predicted molar refractivity (Wildman–Crippen MR) is 177 cm³/mol. The molecule has 3 nitrogen and oxygen atoms in total. The van der Waals surface area contributed by atoms with Gasteiger partial charge in [0.05, 0.1) is 7.11 Å². The van der Waals surface area contributed by atoms with Gasteiger partial charge in [-0.25, -0.2) is 0 Å². The quantitative estimate of drug-likeness (QED) is 0.126. The van der Waals surface area contributed by atoms with Crippen LogP contribution in [0.4, 0.5) is 0 Å². The minimum absolute atomic E-state index is 0.357. The summed E-state index contributed by atoms with van der Waals surface area (Å²) < 4.78 is 5.50. The lowest BCUT2D eigenvalue weighted by molar-refractivity contribution is -0.119. The van der Waals surface area contributed by atoms with E-state index in [4.69, 9.17) is 21.3 Å². The van der Waals surface area contributed by atoms with E-state index in [2.05, 4.69) is 59.8 Å². The van der Waals surface area contributed by atoms with E-state index in [1.165, 1.54) is 31.2 Å². The third-order valence-electron chi connectivity index (χ3n) is 6.92. The number of Topliss-reactive ketones (excluding diaryl/α,β-unsaturated/α-hetero) is 1. The summed E-state index contributed by atoms with van der Waals surface area (Å²) >= 11 is 6.00. The Labute approximate surface area is 252 Å². The van der Waals surface area contributed by atoms with E-state index < -0.39 is 0 Å². The minimum atomic E-state index is 0.357. The number of unbranched alkanes of at least 4 members (excludes halogenated alkanes) is 2. The van der Waals surface area contributed by atoms with Gasteiger partial charge >= 0.3 is 0 Å². The highest BCUT2D eigenvalue weighted by Gasteiger charge is 2.10. The third kappa shape index (κ3) is 18.3. The van der Waals surface area contributed by atoms with Gasteiger partial charge in [-0.1, -0.05) is 115 Å². The minimum Gasteiger partial charge on any atom is -0.494 e.